The van der Waals surface area contributed by atoms with Crippen LogP contribution in [0.25, 0.3) is 0 Å². The van der Waals surface area contributed by atoms with Crippen LogP contribution in [-0.4, -0.2) is 29.6 Å². The maximum Gasteiger partial charge on any atom is 0.303 e. The molecule has 0 fully saturated rings. The average Bonchev–Trinajstić information content (AvgIpc) is 2.43. The Labute approximate surface area is 119 Å². The fourth-order valence-electron chi connectivity index (χ4n) is 1.84. The van der Waals surface area contributed by atoms with Gasteiger partial charge in [-0.1, -0.05) is 37.3 Å². The fourth-order valence-corrected chi connectivity index (χ4v) is 1.84. The van der Waals surface area contributed by atoms with Crippen LogP contribution in [-0.2, 0) is 16.0 Å². The van der Waals surface area contributed by atoms with Crippen LogP contribution in [0.15, 0.2) is 30.3 Å². The zero-order chi connectivity index (χ0) is 15.0. The highest BCUT2D eigenvalue weighted by Crippen LogP contribution is 2.05. The highest BCUT2D eigenvalue weighted by Gasteiger charge is 2.15. The van der Waals surface area contributed by atoms with Crippen molar-refractivity contribution >= 4 is 11.9 Å². The first kappa shape index (κ1) is 16.2. The van der Waals surface area contributed by atoms with E-state index < -0.39 is 12.0 Å². The molecule has 0 aliphatic heterocycles. The number of hydrogen-bond acceptors (Lipinski definition) is 3. The Morgan fingerprint density at radius 2 is 1.95 bits per heavy atom. The van der Waals surface area contributed by atoms with E-state index in [1.807, 2.05) is 37.3 Å². The van der Waals surface area contributed by atoms with Crippen LogP contribution in [0.2, 0.25) is 0 Å². The molecule has 2 atom stereocenters. The van der Waals surface area contributed by atoms with E-state index >= 15 is 0 Å². The molecular formula is C15H22N2O3. The van der Waals surface area contributed by atoms with E-state index in [2.05, 4.69) is 5.32 Å². The molecule has 20 heavy (non-hydrogen) atoms. The van der Waals surface area contributed by atoms with Crippen LogP contribution in [0.1, 0.15) is 25.3 Å². The molecule has 0 radical (unpaired) electrons. The quantitative estimate of drug-likeness (QED) is 0.665. The number of amides is 1. The summed E-state index contributed by atoms with van der Waals surface area (Å²) in [6, 6.07) is 9.02. The fraction of sp³-hybridized carbons (Fsp3) is 0.467. The van der Waals surface area contributed by atoms with E-state index in [9.17, 15) is 9.59 Å². The average molecular weight is 278 g/mol. The number of aliphatic carboxylic acids is 1. The van der Waals surface area contributed by atoms with Crippen LogP contribution in [0.3, 0.4) is 0 Å². The largest absolute Gasteiger partial charge is 0.481 e. The van der Waals surface area contributed by atoms with Crippen molar-refractivity contribution in [2.24, 2.45) is 11.7 Å². The molecule has 110 valence electrons. The Morgan fingerprint density at radius 1 is 1.30 bits per heavy atom. The summed E-state index contributed by atoms with van der Waals surface area (Å²) in [6.07, 6.45) is 1.16. The van der Waals surface area contributed by atoms with E-state index in [4.69, 9.17) is 10.8 Å². The Hall–Kier alpha value is -1.88. The SMILES string of the molecule is CC(CCC(=O)O)CNC(=O)C(N)Cc1ccccc1. The van der Waals surface area contributed by atoms with Gasteiger partial charge in [-0.2, -0.15) is 0 Å². The number of benzene rings is 1. The number of carboxylic acid groups (broad SMARTS) is 1. The molecule has 1 aromatic carbocycles. The van der Waals surface area contributed by atoms with Gasteiger partial charge >= 0.3 is 5.97 Å². The maximum atomic E-state index is 11.8. The zero-order valence-corrected chi connectivity index (χ0v) is 11.7. The predicted molar refractivity (Wildman–Crippen MR) is 77.2 cm³/mol. The van der Waals surface area contributed by atoms with Crippen molar-refractivity contribution in [2.45, 2.75) is 32.2 Å². The third kappa shape index (κ3) is 6.33. The van der Waals surface area contributed by atoms with Crippen LogP contribution in [0.4, 0.5) is 0 Å². The maximum absolute atomic E-state index is 11.8. The van der Waals surface area contributed by atoms with E-state index in [-0.39, 0.29) is 18.2 Å². The Balaban J connectivity index is 2.29. The smallest absolute Gasteiger partial charge is 0.303 e. The van der Waals surface area contributed by atoms with Gasteiger partial charge in [0.1, 0.15) is 0 Å². The molecule has 1 rings (SSSR count). The highest BCUT2D eigenvalue weighted by molar-refractivity contribution is 5.81. The highest BCUT2D eigenvalue weighted by atomic mass is 16.4. The molecule has 0 spiro atoms. The number of carbonyl (C=O) groups is 2. The number of nitrogens with two attached hydrogens (primary N) is 1. The summed E-state index contributed by atoms with van der Waals surface area (Å²) in [6.45, 7) is 2.36. The Kier molecular flexibility index (Phi) is 6.73. The zero-order valence-electron chi connectivity index (χ0n) is 11.7. The molecule has 5 nitrogen and oxygen atoms in total. The lowest BCUT2D eigenvalue weighted by Crippen LogP contribution is -2.43. The Morgan fingerprint density at radius 3 is 2.55 bits per heavy atom. The van der Waals surface area contributed by atoms with Gasteiger partial charge in [-0.3, -0.25) is 9.59 Å². The number of carboxylic acids is 1. The molecule has 0 saturated heterocycles. The molecule has 5 heteroatoms. The molecule has 0 aromatic heterocycles. The topological polar surface area (TPSA) is 92.4 Å². The Bertz CT molecular complexity index is 434. The van der Waals surface area contributed by atoms with Gasteiger partial charge < -0.3 is 16.2 Å². The molecule has 2 unspecified atom stereocenters. The molecule has 1 aromatic rings. The first-order valence-corrected chi connectivity index (χ1v) is 6.78. The van der Waals surface area contributed by atoms with Crippen LogP contribution in [0, 0.1) is 5.92 Å². The van der Waals surface area contributed by atoms with Crippen molar-refractivity contribution in [3.63, 3.8) is 0 Å². The number of nitrogens with one attached hydrogen (secondary N) is 1. The summed E-state index contributed by atoms with van der Waals surface area (Å²) in [4.78, 5) is 22.3. The van der Waals surface area contributed by atoms with Gasteiger partial charge in [0.05, 0.1) is 6.04 Å². The summed E-state index contributed by atoms with van der Waals surface area (Å²) in [5.74, 6) is -0.890. The number of rotatable bonds is 8. The van der Waals surface area contributed by atoms with Crippen molar-refractivity contribution in [2.75, 3.05) is 6.54 Å². The molecule has 4 N–H and O–H groups in total. The molecule has 0 bridgehead atoms. The summed E-state index contributed by atoms with van der Waals surface area (Å²) in [5.41, 5.74) is 6.87. The molecule has 1 amide bonds. The van der Waals surface area contributed by atoms with E-state index in [0.717, 1.165) is 5.56 Å². The van der Waals surface area contributed by atoms with E-state index in [0.29, 0.717) is 19.4 Å². The van der Waals surface area contributed by atoms with Crippen molar-refractivity contribution in [3.05, 3.63) is 35.9 Å². The van der Waals surface area contributed by atoms with E-state index in [1.54, 1.807) is 0 Å². The van der Waals surface area contributed by atoms with Crippen molar-refractivity contribution in [1.82, 2.24) is 5.32 Å². The van der Waals surface area contributed by atoms with Gasteiger partial charge in [0.25, 0.3) is 0 Å². The number of carbonyl (C=O) groups excluding carboxylic acids is 1. The van der Waals surface area contributed by atoms with Crippen molar-refractivity contribution < 1.29 is 14.7 Å². The summed E-state index contributed by atoms with van der Waals surface area (Å²) in [7, 11) is 0. The van der Waals surface area contributed by atoms with E-state index in [1.165, 1.54) is 0 Å². The second-order valence-corrected chi connectivity index (χ2v) is 5.08. The monoisotopic (exact) mass is 278 g/mol. The predicted octanol–water partition coefficient (Wildman–Crippen LogP) is 1.17. The molecule has 0 heterocycles. The lowest BCUT2D eigenvalue weighted by Gasteiger charge is -2.15. The van der Waals surface area contributed by atoms with Crippen LogP contribution >= 0.6 is 0 Å². The van der Waals surface area contributed by atoms with Gasteiger partial charge in [0.2, 0.25) is 5.91 Å². The van der Waals surface area contributed by atoms with Crippen molar-refractivity contribution in [1.29, 1.82) is 0 Å². The minimum absolute atomic E-state index is 0.118. The van der Waals surface area contributed by atoms with Crippen LogP contribution < -0.4 is 11.1 Å². The van der Waals surface area contributed by atoms with Gasteiger partial charge in [0, 0.05) is 13.0 Å². The first-order chi connectivity index (χ1) is 9.49. The summed E-state index contributed by atoms with van der Waals surface area (Å²) >= 11 is 0. The van der Waals surface area contributed by atoms with Gasteiger partial charge in [0.15, 0.2) is 0 Å². The minimum atomic E-state index is -0.816. The summed E-state index contributed by atoms with van der Waals surface area (Å²) < 4.78 is 0. The lowest BCUT2D eigenvalue weighted by molar-refractivity contribution is -0.137. The summed E-state index contributed by atoms with van der Waals surface area (Å²) in [5, 5.41) is 11.4. The molecular weight excluding hydrogens is 256 g/mol. The van der Waals surface area contributed by atoms with Crippen LogP contribution in [0.5, 0.6) is 0 Å². The number of hydrogen-bond donors (Lipinski definition) is 3. The molecule has 0 saturated carbocycles. The van der Waals surface area contributed by atoms with Gasteiger partial charge in [-0.25, -0.2) is 0 Å². The standard InChI is InChI=1S/C15H22N2O3/c1-11(7-8-14(18)19)10-17-15(20)13(16)9-12-5-3-2-4-6-12/h2-6,11,13H,7-10,16H2,1H3,(H,17,20)(H,18,19). The minimum Gasteiger partial charge on any atom is -0.481 e. The van der Waals surface area contributed by atoms with Crippen molar-refractivity contribution in [3.8, 4) is 0 Å². The third-order valence-electron chi connectivity index (χ3n) is 3.11. The molecule has 0 aliphatic carbocycles. The first-order valence-electron chi connectivity index (χ1n) is 6.78. The lowest BCUT2D eigenvalue weighted by atomic mass is 10.0. The third-order valence-corrected chi connectivity index (χ3v) is 3.11. The molecule has 0 aliphatic rings. The second-order valence-electron chi connectivity index (χ2n) is 5.08. The second kappa shape index (κ2) is 8.32. The van der Waals surface area contributed by atoms with Gasteiger partial charge in [-0.05, 0) is 24.3 Å². The normalized spacial score (nSPS) is 13.5. The van der Waals surface area contributed by atoms with Gasteiger partial charge in [-0.15, -0.1) is 0 Å².